The first-order valence-corrected chi connectivity index (χ1v) is 12.7. The van der Waals surface area contributed by atoms with Crippen LogP contribution in [-0.4, -0.2) is 74.7 Å². The van der Waals surface area contributed by atoms with E-state index in [4.69, 9.17) is 9.47 Å². The third kappa shape index (κ3) is 5.31. The number of hydrogen-bond donors (Lipinski definition) is 1. The monoisotopic (exact) mass is 464 g/mol. The molecular formula is C27H36N4O3. The van der Waals surface area contributed by atoms with Crippen molar-refractivity contribution in [3.63, 3.8) is 0 Å². The van der Waals surface area contributed by atoms with Crippen LogP contribution in [0.4, 0.5) is 11.4 Å². The van der Waals surface area contributed by atoms with Gasteiger partial charge in [-0.3, -0.25) is 9.69 Å². The van der Waals surface area contributed by atoms with E-state index in [1.54, 1.807) is 0 Å². The maximum atomic E-state index is 12.9. The summed E-state index contributed by atoms with van der Waals surface area (Å²) >= 11 is 0. The number of rotatable bonds is 6. The molecule has 2 fully saturated rings. The van der Waals surface area contributed by atoms with Crippen LogP contribution in [-0.2, 0) is 4.79 Å². The number of fused-ring (bicyclic) bond motifs is 1. The smallest absolute Gasteiger partial charge is 0.238 e. The summed E-state index contributed by atoms with van der Waals surface area (Å²) in [6.45, 7) is 10.3. The van der Waals surface area contributed by atoms with Crippen molar-refractivity contribution in [1.29, 1.82) is 0 Å². The number of carbonyl (C=O) groups is 1. The van der Waals surface area contributed by atoms with E-state index in [1.807, 2.05) is 18.2 Å². The van der Waals surface area contributed by atoms with E-state index in [-0.39, 0.29) is 11.9 Å². The van der Waals surface area contributed by atoms with Crippen LogP contribution < -0.4 is 19.7 Å². The molecule has 1 amide bonds. The van der Waals surface area contributed by atoms with Crippen LogP contribution in [0.3, 0.4) is 0 Å². The molecule has 182 valence electrons. The molecule has 2 aromatic carbocycles. The van der Waals surface area contributed by atoms with Gasteiger partial charge in [0.05, 0.1) is 19.8 Å². The van der Waals surface area contributed by atoms with E-state index in [0.717, 1.165) is 75.7 Å². The number of anilines is 2. The van der Waals surface area contributed by atoms with Crippen molar-refractivity contribution in [1.82, 2.24) is 9.80 Å². The Morgan fingerprint density at radius 2 is 1.71 bits per heavy atom. The van der Waals surface area contributed by atoms with Gasteiger partial charge in [0.2, 0.25) is 5.91 Å². The standard InChI is InChI=1S/C27H36N4O3/c1-2-29-13-15-30(16-14-29)23-9-7-22(8-10-23)28-27(32)20-31-12-3-5-24(31)21-6-11-25-26(19-21)34-18-4-17-33-25/h6-11,19,24H,2-5,12-18,20H2,1H3,(H,28,32)/t24-/m1/s1. The first-order valence-electron chi connectivity index (χ1n) is 12.7. The summed E-state index contributed by atoms with van der Waals surface area (Å²) < 4.78 is 11.7. The zero-order valence-electron chi connectivity index (χ0n) is 20.2. The summed E-state index contributed by atoms with van der Waals surface area (Å²) in [7, 11) is 0. The fourth-order valence-electron chi connectivity index (χ4n) is 5.24. The highest BCUT2D eigenvalue weighted by atomic mass is 16.5. The molecular weight excluding hydrogens is 428 g/mol. The second-order valence-corrected chi connectivity index (χ2v) is 9.40. The maximum absolute atomic E-state index is 12.9. The maximum Gasteiger partial charge on any atom is 0.238 e. The topological polar surface area (TPSA) is 57.3 Å². The molecule has 0 spiro atoms. The Hall–Kier alpha value is -2.77. The number of piperazine rings is 1. The molecule has 7 nitrogen and oxygen atoms in total. The van der Waals surface area contributed by atoms with Crippen molar-refractivity contribution in [2.24, 2.45) is 0 Å². The highest BCUT2D eigenvalue weighted by molar-refractivity contribution is 5.92. The molecule has 0 bridgehead atoms. The van der Waals surface area contributed by atoms with Gasteiger partial charge >= 0.3 is 0 Å². The number of likely N-dealkylation sites (N-methyl/N-ethyl adjacent to an activating group) is 1. The normalized spacial score (nSPS) is 21.3. The highest BCUT2D eigenvalue weighted by Gasteiger charge is 2.28. The largest absolute Gasteiger partial charge is 0.490 e. The lowest BCUT2D eigenvalue weighted by Crippen LogP contribution is -2.46. The summed E-state index contributed by atoms with van der Waals surface area (Å²) in [6.07, 6.45) is 3.04. The van der Waals surface area contributed by atoms with Crippen LogP contribution in [0.15, 0.2) is 42.5 Å². The van der Waals surface area contributed by atoms with Crippen LogP contribution in [0.5, 0.6) is 11.5 Å². The zero-order valence-corrected chi connectivity index (χ0v) is 20.2. The van der Waals surface area contributed by atoms with Gasteiger partial charge in [-0.25, -0.2) is 0 Å². The average Bonchev–Trinajstić information content (AvgIpc) is 3.19. The van der Waals surface area contributed by atoms with E-state index in [0.29, 0.717) is 19.8 Å². The minimum absolute atomic E-state index is 0.0329. The molecule has 2 saturated heterocycles. The fraction of sp³-hybridized carbons (Fsp3) is 0.519. The van der Waals surface area contributed by atoms with Gasteiger partial charge in [-0.15, -0.1) is 0 Å². The zero-order chi connectivity index (χ0) is 23.3. The summed E-state index contributed by atoms with van der Waals surface area (Å²) in [5.74, 6) is 1.67. The Bertz CT molecular complexity index is 972. The van der Waals surface area contributed by atoms with Crippen LogP contribution in [0.25, 0.3) is 0 Å². The average molecular weight is 465 g/mol. The Balaban J connectivity index is 1.17. The van der Waals surface area contributed by atoms with E-state index < -0.39 is 0 Å². The minimum atomic E-state index is 0.0329. The third-order valence-electron chi connectivity index (χ3n) is 7.20. The molecule has 2 aromatic rings. The van der Waals surface area contributed by atoms with Gasteiger partial charge < -0.3 is 24.6 Å². The second-order valence-electron chi connectivity index (χ2n) is 9.40. The van der Waals surface area contributed by atoms with Gasteiger partial charge in [-0.05, 0) is 67.9 Å². The van der Waals surface area contributed by atoms with Gasteiger partial charge in [0.1, 0.15) is 0 Å². The molecule has 0 aromatic heterocycles. The first kappa shape index (κ1) is 23.0. The molecule has 0 saturated carbocycles. The molecule has 3 aliphatic heterocycles. The first-order chi connectivity index (χ1) is 16.7. The van der Waals surface area contributed by atoms with Crippen molar-refractivity contribution >= 4 is 17.3 Å². The number of nitrogens with zero attached hydrogens (tertiary/aromatic N) is 3. The third-order valence-corrected chi connectivity index (χ3v) is 7.20. The number of benzene rings is 2. The number of hydrogen-bond acceptors (Lipinski definition) is 6. The molecule has 0 unspecified atom stereocenters. The van der Waals surface area contributed by atoms with Crippen molar-refractivity contribution in [2.75, 3.05) is 69.2 Å². The Morgan fingerprint density at radius 3 is 2.47 bits per heavy atom. The number of ether oxygens (including phenoxy) is 2. The summed E-state index contributed by atoms with van der Waals surface area (Å²) in [4.78, 5) is 20.0. The van der Waals surface area contributed by atoms with Crippen LogP contribution in [0.2, 0.25) is 0 Å². The van der Waals surface area contributed by atoms with E-state index in [2.05, 4.69) is 51.2 Å². The van der Waals surface area contributed by atoms with E-state index >= 15 is 0 Å². The predicted octanol–water partition coefficient (Wildman–Crippen LogP) is 3.77. The van der Waals surface area contributed by atoms with Gasteiger partial charge in [-0.2, -0.15) is 0 Å². The molecule has 1 N–H and O–H groups in total. The molecule has 0 radical (unpaired) electrons. The molecule has 3 heterocycles. The lowest BCUT2D eigenvalue weighted by Gasteiger charge is -2.35. The summed E-state index contributed by atoms with van der Waals surface area (Å²) in [5, 5.41) is 3.09. The van der Waals surface area contributed by atoms with Crippen molar-refractivity contribution < 1.29 is 14.3 Å². The lowest BCUT2D eigenvalue weighted by atomic mass is 10.0. The molecule has 34 heavy (non-hydrogen) atoms. The second kappa shape index (κ2) is 10.7. The predicted molar refractivity (Wildman–Crippen MR) is 135 cm³/mol. The van der Waals surface area contributed by atoms with Crippen molar-refractivity contribution in [3.05, 3.63) is 48.0 Å². The molecule has 0 aliphatic carbocycles. The van der Waals surface area contributed by atoms with Crippen LogP contribution in [0.1, 0.15) is 37.8 Å². The minimum Gasteiger partial charge on any atom is -0.490 e. The number of carbonyl (C=O) groups excluding carboxylic acids is 1. The summed E-state index contributed by atoms with van der Waals surface area (Å²) in [5.41, 5.74) is 3.28. The number of amides is 1. The summed E-state index contributed by atoms with van der Waals surface area (Å²) in [6, 6.07) is 14.7. The van der Waals surface area contributed by atoms with Gasteiger partial charge in [0.15, 0.2) is 11.5 Å². The van der Waals surface area contributed by atoms with Crippen molar-refractivity contribution in [2.45, 2.75) is 32.2 Å². The van der Waals surface area contributed by atoms with Crippen LogP contribution in [0, 0.1) is 0 Å². The Labute approximate surface area is 202 Å². The van der Waals surface area contributed by atoms with E-state index in [9.17, 15) is 4.79 Å². The number of likely N-dealkylation sites (tertiary alicyclic amines) is 1. The van der Waals surface area contributed by atoms with Crippen LogP contribution >= 0.6 is 0 Å². The fourth-order valence-corrected chi connectivity index (χ4v) is 5.24. The lowest BCUT2D eigenvalue weighted by molar-refractivity contribution is -0.117. The van der Waals surface area contributed by atoms with E-state index in [1.165, 1.54) is 11.3 Å². The molecule has 5 rings (SSSR count). The Kier molecular flexibility index (Phi) is 7.21. The molecule has 7 heteroatoms. The Morgan fingerprint density at radius 1 is 0.941 bits per heavy atom. The SMILES string of the molecule is CCN1CCN(c2ccc(NC(=O)CN3CCC[C@@H]3c3ccc4c(c3)OCCCO4)cc2)CC1. The van der Waals surface area contributed by atoms with Gasteiger partial charge in [0, 0.05) is 50.0 Å². The molecule has 1 atom stereocenters. The van der Waals surface area contributed by atoms with Gasteiger partial charge in [-0.1, -0.05) is 13.0 Å². The van der Waals surface area contributed by atoms with Crippen molar-refractivity contribution in [3.8, 4) is 11.5 Å². The van der Waals surface area contributed by atoms with Gasteiger partial charge in [0.25, 0.3) is 0 Å². The quantitative estimate of drug-likeness (QED) is 0.703. The molecule has 3 aliphatic rings. The highest BCUT2D eigenvalue weighted by Crippen LogP contribution is 2.37. The number of nitrogens with one attached hydrogen (secondary N) is 1.